The van der Waals surface area contributed by atoms with E-state index in [-0.39, 0.29) is 6.03 Å². The summed E-state index contributed by atoms with van der Waals surface area (Å²) in [6.45, 7) is 0.423. The molecule has 0 aliphatic heterocycles. The second-order valence-electron chi connectivity index (χ2n) is 4.17. The first kappa shape index (κ1) is 13.6. The van der Waals surface area contributed by atoms with Gasteiger partial charge in [0, 0.05) is 17.9 Å². The van der Waals surface area contributed by atoms with Crippen molar-refractivity contribution in [2.45, 2.75) is 6.54 Å². The Hall–Kier alpha value is -2.84. The molecule has 0 aliphatic carbocycles. The topological polar surface area (TPSA) is 90.9 Å². The van der Waals surface area contributed by atoms with Crippen molar-refractivity contribution in [2.75, 3.05) is 10.6 Å². The van der Waals surface area contributed by atoms with Crippen LogP contribution in [0.2, 0.25) is 0 Å². The summed E-state index contributed by atoms with van der Waals surface area (Å²) in [7, 11) is 0. The summed E-state index contributed by atoms with van der Waals surface area (Å²) < 4.78 is 0. The third kappa shape index (κ3) is 3.57. The van der Waals surface area contributed by atoms with Crippen molar-refractivity contribution in [2.24, 2.45) is 5.73 Å². The lowest BCUT2D eigenvalue weighted by atomic mass is 10.2. The van der Waals surface area contributed by atoms with Crippen LogP contribution in [0, 0.1) is 11.3 Å². The molecule has 0 spiro atoms. The van der Waals surface area contributed by atoms with E-state index in [0.717, 1.165) is 5.56 Å². The molecule has 4 N–H and O–H groups in total. The molecule has 0 aromatic heterocycles. The van der Waals surface area contributed by atoms with Crippen LogP contribution in [0.5, 0.6) is 0 Å². The predicted molar refractivity (Wildman–Crippen MR) is 78.1 cm³/mol. The maximum Gasteiger partial charge on any atom is 0.323 e. The van der Waals surface area contributed by atoms with Crippen LogP contribution < -0.4 is 16.4 Å². The smallest absolute Gasteiger partial charge is 0.323 e. The molecule has 0 radical (unpaired) electrons. The second kappa shape index (κ2) is 6.36. The van der Waals surface area contributed by atoms with Gasteiger partial charge >= 0.3 is 6.03 Å². The van der Waals surface area contributed by atoms with Crippen LogP contribution in [-0.2, 0) is 6.54 Å². The van der Waals surface area contributed by atoms with Crippen LogP contribution in [0.15, 0.2) is 48.5 Å². The largest absolute Gasteiger partial charge is 0.326 e. The van der Waals surface area contributed by atoms with Gasteiger partial charge in [-0.15, -0.1) is 0 Å². The van der Waals surface area contributed by atoms with Crippen LogP contribution >= 0.6 is 0 Å². The molecule has 2 amide bonds. The van der Waals surface area contributed by atoms with Gasteiger partial charge < -0.3 is 16.4 Å². The zero-order valence-corrected chi connectivity index (χ0v) is 10.8. The van der Waals surface area contributed by atoms with E-state index in [4.69, 9.17) is 11.0 Å². The monoisotopic (exact) mass is 266 g/mol. The number of rotatable bonds is 3. The number of amides is 2. The van der Waals surface area contributed by atoms with Crippen molar-refractivity contribution in [3.8, 4) is 6.07 Å². The van der Waals surface area contributed by atoms with E-state index in [1.807, 2.05) is 24.3 Å². The summed E-state index contributed by atoms with van der Waals surface area (Å²) in [5.41, 5.74) is 8.34. The lowest BCUT2D eigenvalue weighted by molar-refractivity contribution is 0.262. The number of nitrogens with one attached hydrogen (secondary N) is 2. The zero-order chi connectivity index (χ0) is 14.4. The highest BCUT2D eigenvalue weighted by molar-refractivity contribution is 5.99. The van der Waals surface area contributed by atoms with E-state index >= 15 is 0 Å². The third-order valence-electron chi connectivity index (χ3n) is 2.69. The molecule has 0 aliphatic rings. The van der Waals surface area contributed by atoms with Gasteiger partial charge in [-0.25, -0.2) is 4.79 Å². The van der Waals surface area contributed by atoms with Gasteiger partial charge in [0.25, 0.3) is 0 Å². The number of hydrogen-bond donors (Lipinski definition) is 3. The quantitative estimate of drug-likeness (QED) is 0.797. The molecule has 0 atom stereocenters. The summed E-state index contributed by atoms with van der Waals surface area (Å²) in [4.78, 5) is 11.8. The second-order valence-corrected chi connectivity index (χ2v) is 4.17. The fourth-order valence-electron chi connectivity index (χ4n) is 1.70. The SMILES string of the molecule is N#Cc1ccc(NC(=O)Nc2cccc(CN)c2)cc1. The van der Waals surface area contributed by atoms with Gasteiger partial charge in [-0.3, -0.25) is 0 Å². The third-order valence-corrected chi connectivity index (χ3v) is 2.69. The molecule has 100 valence electrons. The Kier molecular flexibility index (Phi) is 4.32. The average Bonchev–Trinajstić information content (AvgIpc) is 2.48. The molecular formula is C15H14N4O. The minimum Gasteiger partial charge on any atom is -0.326 e. The van der Waals surface area contributed by atoms with Gasteiger partial charge in [0.2, 0.25) is 0 Å². The first-order valence-electron chi connectivity index (χ1n) is 6.08. The number of anilines is 2. The van der Waals surface area contributed by atoms with Gasteiger partial charge in [0.15, 0.2) is 0 Å². The molecule has 0 bridgehead atoms. The standard InChI is InChI=1S/C15H14N4O/c16-9-11-4-6-13(7-5-11)18-15(20)19-14-3-1-2-12(8-14)10-17/h1-8H,10,17H2,(H2,18,19,20). The number of benzene rings is 2. The molecule has 2 rings (SSSR count). The molecular weight excluding hydrogens is 252 g/mol. The molecule has 0 heterocycles. The number of nitrogens with two attached hydrogens (primary N) is 1. The highest BCUT2D eigenvalue weighted by atomic mass is 16.2. The van der Waals surface area contributed by atoms with Crippen molar-refractivity contribution in [3.63, 3.8) is 0 Å². The van der Waals surface area contributed by atoms with Gasteiger partial charge in [0.1, 0.15) is 0 Å². The fourth-order valence-corrected chi connectivity index (χ4v) is 1.70. The first-order valence-corrected chi connectivity index (χ1v) is 6.08. The molecule has 0 saturated heterocycles. The van der Waals surface area contributed by atoms with Gasteiger partial charge in [-0.1, -0.05) is 12.1 Å². The van der Waals surface area contributed by atoms with E-state index in [0.29, 0.717) is 23.5 Å². The van der Waals surface area contributed by atoms with Crippen LogP contribution in [-0.4, -0.2) is 6.03 Å². The Balaban J connectivity index is 1.99. The van der Waals surface area contributed by atoms with Gasteiger partial charge in [-0.05, 0) is 42.0 Å². The molecule has 0 fully saturated rings. The lowest BCUT2D eigenvalue weighted by Crippen LogP contribution is -2.19. The van der Waals surface area contributed by atoms with Crippen molar-refractivity contribution in [1.82, 2.24) is 0 Å². The van der Waals surface area contributed by atoms with E-state index in [9.17, 15) is 4.79 Å². The van der Waals surface area contributed by atoms with Gasteiger partial charge in [0.05, 0.1) is 11.6 Å². The highest BCUT2D eigenvalue weighted by Crippen LogP contribution is 2.12. The minimum absolute atomic E-state index is 0.344. The summed E-state index contributed by atoms with van der Waals surface area (Å²) in [6.07, 6.45) is 0. The van der Waals surface area contributed by atoms with Crippen LogP contribution in [0.4, 0.5) is 16.2 Å². The average molecular weight is 266 g/mol. The van der Waals surface area contributed by atoms with Crippen molar-refractivity contribution in [3.05, 3.63) is 59.7 Å². The Morgan fingerprint density at radius 1 is 1.10 bits per heavy atom. The Labute approximate surface area is 117 Å². The molecule has 5 heteroatoms. The maximum absolute atomic E-state index is 11.8. The molecule has 2 aromatic rings. The summed E-state index contributed by atoms with van der Waals surface area (Å²) >= 11 is 0. The molecule has 0 unspecified atom stereocenters. The lowest BCUT2D eigenvalue weighted by Gasteiger charge is -2.08. The van der Waals surface area contributed by atoms with E-state index in [1.165, 1.54) is 0 Å². The molecule has 20 heavy (non-hydrogen) atoms. The molecule has 0 saturated carbocycles. The Morgan fingerprint density at radius 3 is 2.45 bits per heavy atom. The zero-order valence-electron chi connectivity index (χ0n) is 10.8. The minimum atomic E-state index is -0.344. The summed E-state index contributed by atoms with van der Waals surface area (Å²) in [5.74, 6) is 0. The number of nitriles is 1. The Bertz CT molecular complexity index is 644. The maximum atomic E-state index is 11.8. The van der Waals surface area contributed by atoms with Crippen LogP contribution in [0.3, 0.4) is 0 Å². The van der Waals surface area contributed by atoms with Crippen LogP contribution in [0.25, 0.3) is 0 Å². The van der Waals surface area contributed by atoms with Crippen molar-refractivity contribution < 1.29 is 4.79 Å². The number of nitrogens with zero attached hydrogens (tertiary/aromatic N) is 1. The molecule has 5 nitrogen and oxygen atoms in total. The molecule has 2 aromatic carbocycles. The van der Waals surface area contributed by atoms with Crippen LogP contribution in [0.1, 0.15) is 11.1 Å². The van der Waals surface area contributed by atoms with E-state index in [2.05, 4.69) is 10.6 Å². The van der Waals surface area contributed by atoms with E-state index in [1.54, 1.807) is 30.3 Å². The first-order chi connectivity index (χ1) is 9.71. The van der Waals surface area contributed by atoms with Crippen molar-refractivity contribution >= 4 is 17.4 Å². The highest BCUT2D eigenvalue weighted by Gasteiger charge is 2.03. The van der Waals surface area contributed by atoms with E-state index < -0.39 is 0 Å². The number of urea groups is 1. The summed E-state index contributed by atoms with van der Waals surface area (Å²) in [5, 5.41) is 14.1. The van der Waals surface area contributed by atoms with Crippen molar-refractivity contribution in [1.29, 1.82) is 5.26 Å². The Morgan fingerprint density at radius 2 is 1.80 bits per heavy atom. The number of hydrogen-bond acceptors (Lipinski definition) is 3. The normalized spacial score (nSPS) is 9.60. The number of carbonyl (C=O) groups excluding carboxylic acids is 1. The number of carbonyl (C=O) groups is 1. The van der Waals surface area contributed by atoms with Gasteiger partial charge in [-0.2, -0.15) is 5.26 Å². The fraction of sp³-hybridized carbons (Fsp3) is 0.0667. The summed E-state index contributed by atoms with van der Waals surface area (Å²) in [6, 6.07) is 15.6. The predicted octanol–water partition coefficient (Wildman–Crippen LogP) is 2.66.